The van der Waals surface area contributed by atoms with Gasteiger partial charge in [-0.2, -0.15) is 0 Å². The maximum absolute atomic E-state index is 4.35. The van der Waals surface area contributed by atoms with Crippen molar-refractivity contribution >= 4 is 21.6 Å². The van der Waals surface area contributed by atoms with Crippen molar-refractivity contribution in [2.75, 3.05) is 0 Å². The molecule has 1 nitrogen and oxygen atoms in total. The zero-order valence-corrected chi connectivity index (χ0v) is 9.69. The molecule has 0 spiro atoms. The zero-order valence-electron chi connectivity index (χ0n) is 8.87. The smallest absolute Gasteiger partial charge is 0.0814 e. The SMILES string of the molecule is CCc1cc2ncsc2cc1C(C)C. The van der Waals surface area contributed by atoms with Crippen molar-refractivity contribution in [3.63, 3.8) is 0 Å². The van der Waals surface area contributed by atoms with Gasteiger partial charge in [-0.15, -0.1) is 11.3 Å². The summed E-state index contributed by atoms with van der Waals surface area (Å²) in [5.74, 6) is 0.608. The third kappa shape index (κ3) is 1.55. The van der Waals surface area contributed by atoms with Gasteiger partial charge in [0.25, 0.3) is 0 Å². The normalized spacial score (nSPS) is 11.4. The van der Waals surface area contributed by atoms with Gasteiger partial charge >= 0.3 is 0 Å². The Morgan fingerprint density at radius 1 is 1.36 bits per heavy atom. The van der Waals surface area contributed by atoms with Crippen LogP contribution in [0.25, 0.3) is 10.2 Å². The molecule has 0 N–H and O–H groups in total. The van der Waals surface area contributed by atoms with Gasteiger partial charge in [0.1, 0.15) is 0 Å². The molecule has 0 bridgehead atoms. The quantitative estimate of drug-likeness (QED) is 0.722. The third-order valence-electron chi connectivity index (χ3n) is 2.60. The Hall–Kier alpha value is -0.890. The average molecular weight is 205 g/mol. The van der Waals surface area contributed by atoms with Gasteiger partial charge in [0.2, 0.25) is 0 Å². The van der Waals surface area contributed by atoms with E-state index in [1.54, 1.807) is 11.3 Å². The van der Waals surface area contributed by atoms with Crippen LogP contribution in [0.3, 0.4) is 0 Å². The lowest BCUT2D eigenvalue weighted by molar-refractivity contribution is 0.847. The van der Waals surface area contributed by atoms with Crippen molar-refractivity contribution in [1.82, 2.24) is 4.98 Å². The molecule has 14 heavy (non-hydrogen) atoms. The fourth-order valence-corrected chi connectivity index (χ4v) is 2.51. The molecule has 0 saturated carbocycles. The topological polar surface area (TPSA) is 12.9 Å². The van der Waals surface area contributed by atoms with E-state index in [-0.39, 0.29) is 0 Å². The van der Waals surface area contributed by atoms with Crippen LogP contribution in [-0.2, 0) is 6.42 Å². The predicted octanol–water partition coefficient (Wildman–Crippen LogP) is 3.98. The molecule has 1 aromatic carbocycles. The van der Waals surface area contributed by atoms with E-state index in [2.05, 4.69) is 37.9 Å². The highest BCUT2D eigenvalue weighted by atomic mass is 32.1. The first-order valence-corrected chi connectivity index (χ1v) is 5.96. The number of fused-ring (bicyclic) bond motifs is 1. The zero-order chi connectivity index (χ0) is 10.1. The molecule has 0 radical (unpaired) electrons. The number of nitrogens with zero attached hydrogens (tertiary/aromatic N) is 1. The van der Waals surface area contributed by atoms with Crippen LogP contribution in [0.1, 0.15) is 37.8 Å². The Kier molecular flexibility index (Phi) is 2.55. The number of aromatic nitrogens is 1. The van der Waals surface area contributed by atoms with Crippen molar-refractivity contribution in [3.8, 4) is 0 Å². The maximum atomic E-state index is 4.35. The minimum atomic E-state index is 0.608. The predicted molar refractivity (Wildman–Crippen MR) is 63.1 cm³/mol. The Balaban J connectivity index is 2.66. The van der Waals surface area contributed by atoms with E-state index in [4.69, 9.17) is 0 Å². The average Bonchev–Trinajstić information content (AvgIpc) is 2.62. The largest absolute Gasteiger partial charge is 0.245 e. The molecule has 0 saturated heterocycles. The molecular weight excluding hydrogens is 190 g/mol. The second-order valence-corrected chi connectivity index (χ2v) is 4.77. The van der Waals surface area contributed by atoms with Crippen LogP contribution in [-0.4, -0.2) is 4.98 Å². The molecule has 74 valence electrons. The third-order valence-corrected chi connectivity index (χ3v) is 3.39. The number of aryl methyl sites for hydroxylation is 1. The van der Waals surface area contributed by atoms with Crippen molar-refractivity contribution in [3.05, 3.63) is 28.8 Å². The molecule has 2 aromatic rings. The van der Waals surface area contributed by atoms with Gasteiger partial charge < -0.3 is 0 Å². The van der Waals surface area contributed by atoms with E-state index in [0.717, 1.165) is 11.9 Å². The van der Waals surface area contributed by atoms with Gasteiger partial charge in [0.05, 0.1) is 15.7 Å². The monoisotopic (exact) mass is 205 g/mol. The number of rotatable bonds is 2. The van der Waals surface area contributed by atoms with Gasteiger partial charge in [-0.05, 0) is 35.6 Å². The van der Waals surface area contributed by atoms with Crippen molar-refractivity contribution in [2.24, 2.45) is 0 Å². The van der Waals surface area contributed by atoms with Gasteiger partial charge in [-0.1, -0.05) is 20.8 Å². The fraction of sp³-hybridized carbons (Fsp3) is 0.417. The minimum absolute atomic E-state index is 0.608. The van der Waals surface area contributed by atoms with Crippen LogP contribution in [0.15, 0.2) is 17.6 Å². The van der Waals surface area contributed by atoms with Crippen LogP contribution in [0.5, 0.6) is 0 Å². The Labute approximate surface area is 88.8 Å². The van der Waals surface area contributed by atoms with E-state index in [1.165, 1.54) is 15.8 Å². The lowest BCUT2D eigenvalue weighted by Crippen LogP contribution is -1.94. The van der Waals surface area contributed by atoms with Gasteiger partial charge in [0, 0.05) is 0 Å². The van der Waals surface area contributed by atoms with Crippen LogP contribution >= 0.6 is 11.3 Å². The summed E-state index contributed by atoms with van der Waals surface area (Å²) < 4.78 is 1.31. The van der Waals surface area contributed by atoms with Gasteiger partial charge in [-0.25, -0.2) is 4.98 Å². The van der Waals surface area contributed by atoms with Crippen LogP contribution in [0.2, 0.25) is 0 Å². The highest BCUT2D eigenvalue weighted by molar-refractivity contribution is 7.16. The van der Waals surface area contributed by atoms with E-state index in [0.29, 0.717) is 5.92 Å². The first-order valence-electron chi connectivity index (χ1n) is 5.08. The highest BCUT2D eigenvalue weighted by Gasteiger charge is 2.08. The second kappa shape index (κ2) is 3.70. The molecule has 0 atom stereocenters. The number of benzene rings is 1. The summed E-state index contributed by atoms with van der Waals surface area (Å²) in [4.78, 5) is 4.35. The first kappa shape index (κ1) is 9.66. The van der Waals surface area contributed by atoms with Crippen LogP contribution < -0.4 is 0 Å². The molecule has 0 unspecified atom stereocenters. The molecule has 0 amide bonds. The van der Waals surface area contributed by atoms with Gasteiger partial charge in [0.15, 0.2) is 0 Å². The van der Waals surface area contributed by atoms with Crippen molar-refractivity contribution < 1.29 is 0 Å². The van der Waals surface area contributed by atoms with Crippen LogP contribution in [0, 0.1) is 0 Å². The summed E-state index contributed by atoms with van der Waals surface area (Å²) in [5, 5.41) is 0. The molecule has 0 aliphatic carbocycles. The van der Waals surface area contributed by atoms with E-state index in [9.17, 15) is 0 Å². The summed E-state index contributed by atoms with van der Waals surface area (Å²) in [6, 6.07) is 4.54. The molecule has 0 fully saturated rings. The Morgan fingerprint density at radius 2 is 2.14 bits per heavy atom. The molecular formula is C12H15NS. The van der Waals surface area contributed by atoms with Crippen molar-refractivity contribution in [1.29, 1.82) is 0 Å². The lowest BCUT2D eigenvalue weighted by atomic mass is 9.95. The number of thiazole rings is 1. The van der Waals surface area contributed by atoms with Crippen molar-refractivity contribution in [2.45, 2.75) is 33.1 Å². The summed E-state index contributed by atoms with van der Waals surface area (Å²) in [6.07, 6.45) is 1.10. The Morgan fingerprint density at radius 3 is 2.79 bits per heavy atom. The minimum Gasteiger partial charge on any atom is -0.245 e. The molecule has 0 aliphatic rings. The summed E-state index contributed by atoms with van der Waals surface area (Å²) in [5.41, 5.74) is 5.99. The van der Waals surface area contributed by atoms with E-state index in [1.807, 2.05) is 5.51 Å². The molecule has 2 heteroatoms. The summed E-state index contributed by atoms with van der Waals surface area (Å²) in [7, 11) is 0. The molecule has 1 aromatic heterocycles. The summed E-state index contributed by atoms with van der Waals surface area (Å²) >= 11 is 1.73. The molecule has 1 heterocycles. The summed E-state index contributed by atoms with van der Waals surface area (Å²) in [6.45, 7) is 6.71. The first-order chi connectivity index (χ1) is 6.72. The Bertz CT molecular complexity index is 443. The van der Waals surface area contributed by atoms with E-state index >= 15 is 0 Å². The molecule has 0 aliphatic heterocycles. The van der Waals surface area contributed by atoms with Gasteiger partial charge in [-0.3, -0.25) is 0 Å². The number of hydrogen-bond donors (Lipinski definition) is 0. The fourth-order valence-electron chi connectivity index (χ4n) is 1.81. The van der Waals surface area contributed by atoms with E-state index < -0.39 is 0 Å². The lowest BCUT2D eigenvalue weighted by Gasteiger charge is -2.11. The number of hydrogen-bond acceptors (Lipinski definition) is 2. The standard InChI is InChI=1S/C12H15NS/c1-4-9-5-11-12(14-7-13-11)6-10(9)8(2)3/h5-8H,4H2,1-3H3. The van der Waals surface area contributed by atoms with Crippen LogP contribution in [0.4, 0.5) is 0 Å². The molecule has 2 rings (SSSR count). The second-order valence-electron chi connectivity index (χ2n) is 3.88. The highest BCUT2D eigenvalue weighted by Crippen LogP contribution is 2.27. The maximum Gasteiger partial charge on any atom is 0.0814 e.